The van der Waals surface area contributed by atoms with Crippen LogP contribution in [-0.4, -0.2) is 21.8 Å². The van der Waals surface area contributed by atoms with E-state index in [1.54, 1.807) is 12.1 Å². The number of carbonyl (C=O) groups is 2. The summed E-state index contributed by atoms with van der Waals surface area (Å²) < 4.78 is 26.4. The molecule has 1 heterocycles. The number of aromatic nitrogens is 2. The highest BCUT2D eigenvalue weighted by atomic mass is 35.5. The number of nitrogens with zero attached hydrogens (tertiary/aromatic N) is 1. The third-order valence-electron chi connectivity index (χ3n) is 3.40. The highest BCUT2D eigenvalue weighted by Gasteiger charge is 2.15. The fraction of sp³-hybridized carbons (Fsp3) is 0. The van der Waals surface area contributed by atoms with Crippen LogP contribution < -0.4 is 10.6 Å². The summed E-state index contributed by atoms with van der Waals surface area (Å²) in [5.41, 5.74) is 0.987. The van der Waals surface area contributed by atoms with Crippen LogP contribution in [0.3, 0.4) is 0 Å². The van der Waals surface area contributed by atoms with Crippen molar-refractivity contribution in [3.63, 3.8) is 0 Å². The third-order valence-corrected chi connectivity index (χ3v) is 3.71. The molecular weight excluding hydrogens is 366 g/mol. The van der Waals surface area contributed by atoms with E-state index < -0.39 is 17.5 Å². The number of hydrogen-bond donors (Lipinski definition) is 3. The van der Waals surface area contributed by atoms with Crippen molar-refractivity contribution in [2.24, 2.45) is 0 Å². The van der Waals surface area contributed by atoms with E-state index >= 15 is 0 Å². The van der Waals surface area contributed by atoms with Crippen molar-refractivity contribution in [3.05, 3.63) is 76.8 Å². The van der Waals surface area contributed by atoms with Gasteiger partial charge in [0.15, 0.2) is 11.6 Å². The molecule has 3 N–H and O–H groups in total. The lowest BCUT2D eigenvalue weighted by molar-refractivity contribution is 0.101. The van der Waals surface area contributed by atoms with Crippen molar-refractivity contribution in [1.82, 2.24) is 9.97 Å². The quantitative estimate of drug-likeness (QED) is 0.604. The first-order chi connectivity index (χ1) is 12.4. The van der Waals surface area contributed by atoms with Gasteiger partial charge in [-0.25, -0.2) is 13.8 Å². The lowest BCUT2D eigenvalue weighted by Gasteiger charge is -2.09. The van der Waals surface area contributed by atoms with Gasteiger partial charge >= 0.3 is 0 Å². The van der Waals surface area contributed by atoms with Crippen molar-refractivity contribution in [1.29, 1.82) is 0 Å². The maximum atomic E-state index is 13.3. The van der Waals surface area contributed by atoms with Crippen LogP contribution in [0.1, 0.15) is 20.8 Å². The van der Waals surface area contributed by atoms with Crippen LogP contribution in [-0.2, 0) is 0 Å². The van der Waals surface area contributed by atoms with Gasteiger partial charge in [-0.15, -0.1) is 0 Å². The summed E-state index contributed by atoms with van der Waals surface area (Å²) in [6, 6.07) is 7.67. The molecule has 0 aliphatic carbocycles. The summed E-state index contributed by atoms with van der Waals surface area (Å²) in [5.74, 6) is -3.36. The lowest BCUT2D eigenvalue weighted by Crippen LogP contribution is -2.14. The van der Waals surface area contributed by atoms with Crippen LogP contribution in [0.2, 0.25) is 5.02 Å². The van der Waals surface area contributed by atoms with Gasteiger partial charge < -0.3 is 15.6 Å². The van der Waals surface area contributed by atoms with E-state index in [0.29, 0.717) is 17.1 Å². The molecule has 132 valence electrons. The van der Waals surface area contributed by atoms with E-state index in [1.165, 1.54) is 24.7 Å². The molecule has 0 radical (unpaired) electrons. The zero-order valence-corrected chi connectivity index (χ0v) is 13.8. The predicted octanol–water partition coefficient (Wildman–Crippen LogP) is 3.85. The largest absolute Gasteiger partial charge is 0.341 e. The third kappa shape index (κ3) is 3.86. The number of benzene rings is 2. The summed E-state index contributed by atoms with van der Waals surface area (Å²) in [7, 11) is 0. The first kappa shape index (κ1) is 17.6. The molecule has 0 unspecified atom stereocenters. The van der Waals surface area contributed by atoms with E-state index in [1.807, 2.05) is 0 Å². The van der Waals surface area contributed by atoms with Crippen LogP contribution in [0.5, 0.6) is 0 Å². The number of amides is 2. The monoisotopic (exact) mass is 376 g/mol. The molecule has 0 spiro atoms. The minimum absolute atomic E-state index is 0.192. The average Bonchev–Trinajstić information content (AvgIpc) is 3.14. The van der Waals surface area contributed by atoms with Gasteiger partial charge in [0.2, 0.25) is 0 Å². The van der Waals surface area contributed by atoms with Crippen LogP contribution in [0, 0.1) is 11.6 Å². The predicted molar refractivity (Wildman–Crippen MR) is 92.3 cm³/mol. The first-order valence-electron chi connectivity index (χ1n) is 7.30. The van der Waals surface area contributed by atoms with E-state index in [-0.39, 0.29) is 16.5 Å². The molecule has 9 heteroatoms. The summed E-state index contributed by atoms with van der Waals surface area (Å²) in [6.45, 7) is 0. The minimum atomic E-state index is -1.17. The van der Waals surface area contributed by atoms with E-state index in [0.717, 1.165) is 12.1 Å². The second kappa shape index (κ2) is 7.32. The Morgan fingerprint density at radius 3 is 2.12 bits per heavy atom. The molecule has 3 aromatic rings. The second-order valence-electron chi connectivity index (χ2n) is 5.20. The van der Waals surface area contributed by atoms with Gasteiger partial charge in [-0.3, -0.25) is 9.59 Å². The van der Waals surface area contributed by atoms with Crippen LogP contribution in [0.4, 0.5) is 20.2 Å². The first-order valence-corrected chi connectivity index (χ1v) is 7.67. The highest BCUT2D eigenvalue weighted by molar-refractivity contribution is 6.34. The molecule has 1 aromatic heterocycles. The summed E-state index contributed by atoms with van der Waals surface area (Å²) in [4.78, 5) is 30.5. The Kier molecular flexibility index (Phi) is 4.94. The van der Waals surface area contributed by atoms with Crippen molar-refractivity contribution in [2.75, 3.05) is 10.6 Å². The van der Waals surface area contributed by atoms with Gasteiger partial charge in [0.05, 0.1) is 23.1 Å². The van der Waals surface area contributed by atoms with E-state index in [4.69, 9.17) is 11.6 Å². The topological polar surface area (TPSA) is 86.9 Å². The van der Waals surface area contributed by atoms with Gasteiger partial charge in [0.25, 0.3) is 11.8 Å². The van der Waals surface area contributed by atoms with Crippen LogP contribution >= 0.6 is 11.6 Å². The van der Waals surface area contributed by atoms with E-state index in [9.17, 15) is 18.4 Å². The number of anilines is 2. The Balaban J connectivity index is 1.68. The van der Waals surface area contributed by atoms with Crippen molar-refractivity contribution >= 4 is 34.8 Å². The zero-order chi connectivity index (χ0) is 18.7. The summed E-state index contributed by atoms with van der Waals surface area (Å²) in [5, 5.41) is 4.95. The Morgan fingerprint density at radius 1 is 0.962 bits per heavy atom. The molecule has 2 aromatic carbocycles. The highest BCUT2D eigenvalue weighted by Crippen LogP contribution is 2.22. The summed E-state index contributed by atoms with van der Waals surface area (Å²) >= 11 is 5.77. The number of H-pyrrole nitrogens is 1. The molecule has 2 amide bonds. The number of nitrogens with one attached hydrogen (secondary N) is 3. The van der Waals surface area contributed by atoms with Gasteiger partial charge in [-0.2, -0.15) is 0 Å². The maximum absolute atomic E-state index is 13.3. The van der Waals surface area contributed by atoms with Crippen LogP contribution in [0.15, 0.2) is 48.9 Å². The number of carbonyl (C=O) groups excluding carboxylic acids is 2. The van der Waals surface area contributed by atoms with Gasteiger partial charge in [-0.05, 0) is 36.4 Å². The van der Waals surface area contributed by atoms with Gasteiger partial charge in [-0.1, -0.05) is 11.6 Å². The molecule has 0 saturated carbocycles. The molecule has 0 fully saturated rings. The Morgan fingerprint density at radius 2 is 1.54 bits per heavy atom. The number of rotatable bonds is 4. The Hall–Kier alpha value is -3.26. The van der Waals surface area contributed by atoms with Crippen molar-refractivity contribution in [2.45, 2.75) is 0 Å². The maximum Gasteiger partial charge on any atom is 0.273 e. The molecule has 0 bridgehead atoms. The Labute approximate surface area is 151 Å². The number of imidazole rings is 1. The van der Waals surface area contributed by atoms with Crippen molar-refractivity contribution < 1.29 is 18.4 Å². The molecule has 26 heavy (non-hydrogen) atoms. The van der Waals surface area contributed by atoms with Gasteiger partial charge in [0, 0.05) is 11.4 Å². The molecule has 0 atom stereocenters. The zero-order valence-electron chi connectivity index (χ0n) is 13.0. The number of hydrogen-bond acceptors (Lipinski definition) is 3. The molecule has 6 nitrogen and oxygen atoms in total. The smallest absolute Gasteiger partial charge is 0.273 e. The molecule has 0 aliphatic heterocycles. The number of aromatic amines is 1. The molecule has 3 rings (SSSR count). The van der Waals surface area contributed by atoms with E-state index in [2.05, 4.69) is 20.6 Å². The molecular formula is C17H11ClF2N4O2. The van der Waals surface area contributed by atoms with Crippen molar-refractivity contribution in [3.8, 4) is 0 Å². The fourth-order valence-corrected chi connectivity index (χ4v) is 2.35. The lowest BCUT2D eigenvalue weighted by atomic mass is 10.2. The van der Waals surface area contributed by atoms with Gasteiger partial charge in [0.1, 0.15) is 5.69 Å². The fourth-order valence-electron chi connectivity index (χ4n) is 2.11. The van der Waals surface area contributed by atoms with Crippen LogP contribution in [0.25, 0.3) is 0 Å². The standard InChI is InChI=1S/C17H11ClF2N4O2/c18-12-6-14(20)13(19)5-11(12)16(25)23-9-1-3-10(4-2-9)24-17(26)15-7-21-8-22-15/h1-8H,(H,21,22)(H,23,25)(H,24,26). The second-order valence-corrected chi connectivity index (χ2v) is 5.60. The summed E-state index contributed by atoms with van der Waals surface area (Å²) in [6.07, 6.45) is 2.77. The molecule has 0 aliphatic rings. The SMILES string of the molecule is O=C(Nc1ccc(NC(=O)c2cc(F)c(F)cc2Cl)cc1)c1cnc[nH]1. The molecule has 0 saturated heterocycles. The normalized spacial score (nSPS) is 10.4. The number of halogens is 3. The Bertz CT molecular complexity index is 960. The average molecular weight is 377 g/mol. The minimum Gasteiger partial charge on any atom is -0.341 e.